The number of hydrogen-bond donors (Lipinski definition) is 2. The van der Waals surface area contributed by atoms with Crippen molar-refractivity contribution in [1.82, 2.24) is 5.32 Å². The molecule has 1 heterocycles. The summed E-state index contributed by atoms with van der Waals surface area (Å²) in [5.74, 6) is 0.110. The van der Waals surface area contributed by atoms with Crippen molar-refractivity contribution in [3.05, 3.63) is 23.8 Å². The summed E-state index contributed by atoms with van der Waals surface area (Å²) in [4.78, 5) is 11.5. The third-order valence-corrected chi connectivity index (χ3v) is 3.43. The van der Waals surface area contributed by atoms with Crippen molar-refractivity contribution in [3.63, 3.8) is 0 Å². The van der Waals surface area contributed by atoms with Crippen LogP contribution in [0.1, 0.15) is 25.5 Å². The second-order valence-electron chi connectivity index (χ2n) is 4.99. The predicted octanol–water partition coefficient (Wildman–Crippen LogP) is 2.03. The van der Waals surface area contributed by atoms with Crippen LogP contribution >= 0.6 is 0 Å². The molecule has 0 saturated carbocycles. The SMILES string of the molecule is CNC(c1ccc2c(c1)OCO2)C(C(=O)O)C(C)C. The van der Waals surface area contributed by atoms with Gasteiger partial charge in [0.05, 0.1) is 5.92 Å². The van der Waals surface area contributed by atoms with Gasteiger partial charge in [0.2, 0.25) is 6.79 Å². The number of carbonyl (C=O) groups is 1. The standard InChI is InChI=1S/C14H19NO4/c1-8(2)12(14(16)17)13(15-3)9-4-5-10-11(6-9)19-7-18-10/h4-6,8,12-13,15H,7H2,1-3H3,(H,16,17). The maximum Gasteiger partial charge on any atom is 0.308 e. The van der Waals surface area contributed by atoms with Crippen LogP contribution in [0.5, 0.6) is 11.5 Å². The van der Waals surface area contributed by atoms with E-state index in [0.717, 1.165) is 5.56 Å². The number of benzene rings is 1. The molecule has 2 N–H and O–H groups in total. The topological polar surface area (TPSA) is 67.8 Å². The summed E-state index contributed by atoms with van der Waals surface area (Å²) < 4.78 is 10.6. The van der Waals surface area contributed by atoms with Gasteiger partial charge in [-0.05, 0) is 30.7 Å². The Balaban J connectivity index is 2.33. The van der Waals surface area contributed by atoms with Gasteiger partial charge in [0.15, 0.2) is 11.5 Å². The fraction of sp³-hybridized carbons (Fsp3) is 0.500. The highest BCUT2D eigenvalue weighted by atomic mass is 16.7. The molecule has 1 aromatic carbocycles. The summed E-state index contributed by atoms with van der Waals surface area (Å²) in [6.45, 7) is 4.04. The lowest BCUT2D eigenvalue weighted by Gasteiger charge is -2.27. The van der Waals surface area contributed by atoms with Crippen LogP contribution in [0.25, 0.3) is 0 Å². The van der Waals surface area contributed by atoms with Crippen molar-refractivity contribution < 1.29 is 19.4 Å². The van der Waals surface area contributed by atoms with Gasteiger partial charge in [-0.2, -0.15) is 0 Å². The molecule has 1 aliphatic rings. The van der Waals surface area contributed by atoms with Gasteiger partial charge in [0, 0.05) is 6.04 Å². The first kappa shape index (κ1) is 13.7. The Morgan fingerprint density at radius 2 is 2.00 bits per heavy atom. The molecule has 1 aromatic rings. The zero-order chi connectivity index (χ0) is 14.0. The van der Waals surface area contributed by atoms with Gasteiger partial charge in [0.25, 0.3) is 0 Å². The molecule has 0 fully saturated rings. The van der Waals surface area contributed by atoms with Crippen molar-refractivity contribution in [2.45, 2.75) is 19.9 Å². The van der Waals surface area contributed by atoms with Crippen molar-refractivity contribution in [2.75, 3.05) is 13.8 Å². The molecule has 0 saturated heterocycles. The molecule has 0 bridgehead atoms. The van der Waals surface area contributed by atoms with Gasteiger partial charge in [-0.25, -0.2) is 0 Å². The molecule has 2 unspecified atom stereocenters. The van der Waals surface area contributed by atoms with E-state index in [4.69, 9.17) is 9.47 Å². The van der Waals surface area contributed by atoms with E-state index in [2.05, 4.69) is 5.32 Å². The number of aliphatic carboxylic acids is 1. The van der Waals surface area contributed by atoms with Crippen LogP contribution in [0.2, 0.25) is 0 Å². The first-order valence-corrected chi connectivity index (χ1v) is 6.34. The Morgan fingerprint density at radius 1 is 1.32 bits per heavy atom. The van der Waals surface area contributed by atoms with Gasteiger partial charge in [0.1, 0.15) is 0 Å². The Labute approximate surface area is 112 Å². The summed E-state index contributed by atoms with van der Waals surface area (Å²) in [5, 5.41) is 12.5. The van der Waals surface area contributed by atoms with Crippen LogP contribution in [0.3, 0.4) is 0 Å². The van der Waals surface area contributed by atoms with Gasteiger partial charge in [-0.3, -0.25) is 4.79 Å². The number of carboxylic acid groups (broad SMARTS) is 1. The molecular formula is C14H19NO4. The maximum absolute atomic E-state index is 11.5. The van der Waals surface area contributed by atoms with Crippen LogP contribution in [0.4, 0.5) is 0 Å². The molecule has 0 spiro atoms. The van der Waals surface area contributed by atoms with Crippen molar-refractivity contribution in [3.8, 4) is 11.5 Å². The molecule has 0 aliphatic carbocycles. The third-order valence-electron chi connectivity index (χ3n) is 3.43. The van der Waals surface area contributed by atoms with Gasteiger partial charge >= 0.3 is 5.97 Å². The highest BCUT2D eigenvalue weighted by molar-refractivity contribution is 5.71. The predicted molar refractivity (Wildman–Crippen MR) is 70.3 cm³/mol. The maximum atomic E-state index is 11.5. The second-order valence-corrected chi connectivity index (χ2v) is 4.99. The summed E-state index contributed by atoms with van der Waals surface area (Å²) in [7, 11) is 1.77. The molecule has 2 atom stereocenters. The minimum absolute atomic E-state index is 0.0281. The smallest absolute Gasteiger partial charge is 0.308 e. The first-order chi connectivity index (χ1) is 9.04. The normalized spacial score (nSPS) is 16.4. The van der Waals surface area contributed by atoms with Crippen LogP contribution < -0.4 is 14.8 Å². The largest absolute Gasteiger partial charge is 0.481 e. The molecular weight excluding hydrogens is 246 g/mol. The van der Waals surface area contributed by atoms with E-state index in [1.165, 1.54) is 0 Å². The minimum Gasteiger partial charge on any atom is -0.481 e. The number of hydrogen-bond acceptors (Lipinski definition) is 4. The monoisotopic (exact) mass is 265 g/mol. The van der Waals surface area contributed by atoms with Crippen molar-refractivity contribution in [1.29, 1.82) is 0 Å². The molecule has 0 radical (unpaired) electrons. The highest BCUT2D eigenvalue weighted by Gasteiger charge is 2.32. The Bertz CT molecular complexity index is 473. The number of nitrogens with one attached hydrogen (secondary N) is 1. The molecule has 5 heteroatoms. The Hall–Kier alpha value is -1.75. The van der Waals surface area contributed by atoms with Crippen LogP contribution in [-0.4, -0.2) is 24.9 Å². The van der Waals surface area contributed by atoms with E-state index in [0.29, 0.717) is 11.5 Å². The quantitative estimate of drug-likeness (QED) is 0.852. The van der Waals surface area contributed by atoms with Crippen molar-refractivity contribution in [2.24, 2.45) is 11.8 Å². The van der Waals surface area contributed by atoms with Crippen LogP contribution in [0.15, 0.2) is 18.2 Å². The fourth-order valence-corrected chi connectivity index (χ4v) is 2.47. The fourth-order valence-electron chi connectivity index (χ4n) is 2.47. The lowest BCUT2D eigenvalue weighted by atomic mass is 9.84. The lowest BCUT2D eigenvalue weighted by Crippen LogP contribution is -2.34. The molecule has 1 aliphatic heterocycles. The third kappa shape index (κ3) is 2.66. The minimum atomic E-state index is -0.799. The zero-order valence-electron chi connectivity index (χ0n) is 11.3. The Kier molecular flexibility index (Phi) is 3.95. The van der Waals surface area contributed by atoms with Crippen LogP contribution in [-0.2, 0) is 4.79 Å². The van der Waals surface area contributed by atoms with E-state index < -0.39 is 11.9 Å². The molecule has 5 nitrogen and oxygen atoms in total. The average Bonchev–Trinajstić information content (AvgIpc) is 2.81. The van der Waals surface area contributed by atoms with Crippen LogP contribution in [0, 0.1) is 11.8 Å². The summed E-state index contributed by atoms with van der Waals surface area (Å²) >= 11 is 0. The van der Waals surface area contributed by atoms with E-state index >= 15 is 0 Å². The molecule has 104 valence electrons. The van der Waals surface area contributed by atoms with Crippen molar-refractivity contribution >= 4 is 5.97 Å². The molecule has 19 heavy (non-hydrogen) atoms. The van der Waals surface area contributed by atoms with E-state index in [9.17, 15) is 9.90 Å². The summed E-state index contributed by atoms with van der Waals surface area (Å²) in [6, 6.07) is 5.29. The average molecular weight is 265 g/mol. The highest BCUT2D eigenvalue weighted by Crippen LogP contribution is 2.37. The second kappa shape index (κ2) is 5.48. The molecule has 0 amide bonds. The van der Waals surface area contributed by atoms with Gasteiger partial charge < -0.3 is 19.9 Å². The van der Waals surface area contributed by atoms with Gasteiger partial charge in [-0.15, -0.1) is 0 Å². The number of carboxylic acids is 1. The van der Waals surface area contributed by atoms with Gasteiger partial charge in [-0.1, -0.05) is 19.9 Å². The summed E-state index contributed by atoms with van der Waals surface area (Å²) in [6.07, 6.45) is 0. The molecule has 2 rings (SSSR count). The first-order valence-electron chi connectivity index (χ1n) is 6.34. The number of ether oxygens (including phenoxy) is 2. The lowest BCUT2D eigenvalue weighted by molar-refractivity contribution is -0.144. The zero-order valence-corrected chi connectivity index (χ0v) is 11.3. The van der Waals surface area contributed by atoms with E-state index in [-0.39, 0.29) is 18.8 Å². The number of fused-ring (bicyclic) bond motifs is 1. The van der Waals surface area contributed by atoms with E-state index in [1.54, 1.807) is 7.05 Å². The van der Waals surface area contributed by atoms with E-state index in [1.807, 2.05) is 32.0 Å². The number of rotatable bonds is 5. The molecule has 0 aromatic heterocycles. The Morgan fingerprint density at radius 3 is 2.58 bits per heavy atom. The summed E-state index contributed by atoms with van der Waals surface area (Å²) in [5.41, 5.74) is 0.896.